The van der Waals surface area contributed by atoms with Crippen LogP contribution in [-0.4, -0.2) is 37.4 Å². The lowest BCUT2D eigenvalue weighted by atomic mass is 10.3. The molecule has 0 fully saturated rings. The van der Waals surface area contributed by atoms with Gasteiger partial charge in [0, 0.05) is 17.1 Å². The van der Waals surface area contributed by atoms with Crippen molar-refractivity contribution in [3.8, 4) is 0 Å². The molecule has 3 rings (SSSR count). The van der Waals surface area contributed by atoms with E-state index in [0.29, 0.717) is 22.9 Å². The number of aryl methyl sites for hydroxylation is 1. The topological polar surface area (TPSA) is 92.7 Å². The van der Waals surface area contributed by atoms with E-state index >= 15 is 0 Å². The number of H-pyrrole nitrogens is 1. The number of thioether (sulfide) groups is 2. The normalized spacial score (nSPS) is 11.0. The molecular weight excluding hydrogens is 358 g/mol. The van der Waals surface area contributed by atoms with Gasteiger partial charge in [-0.05, 0) is 31.4 Å². The highest BCUT2D eigenvalue weighted by molar-refractivity contribution is 7.99. The Morgan fingerprint density at radius 2 is 2.24 bits per heavy atom. The average molecular weight is 375 g/mol. The number of benzene rings is 1. The SMILES string of the molecule is CCn1c(SCC(=O)Nc2cccc(SC)c2)nc2c(=O)[nH]cnc21. The summed E-state index contributed by atoms with van der Waals surface area (Å²) in [5, 5.41) is 3.48. The van der Waals surface area contributed by atoms with Crippen molar-refractivity contribution in [2.24, 2.45) is 0 Å². The van der Waals surface area contributed by atoms with Gasteiger partial charge in [0.15, 0.2) is 16.3 Å². The summed E-state index contributed by atoms with van der Waals surface area (Å²) in [6.45, 7) is 2.56. The van der Waals surface area contributed by atoms with E-state index in [0.717, 1.165) is 10.6 Å². The third-order valence-corrected chi connectivity index (χ3v) is 5.21. The first-order chi connectivity index (χ1) is 12.1. The van der Waals surface area contributed by atoms with Crippen LogP contribution in [0.1, 0.15) is 6.92 Å². The number of nitrogens with one attached hydrogen (secondary N) is 2. The Kier molecular flexibility index (Phi) is 5.44. The minimum absolute atomic E-state index is 0.125. The number of aromatic nitrogens is 4. The van der Waals surface area contributed by atoms with Crippen LogP contribution in [0.15, 0.2) is 45.4 Å². The lowest BCUT2D eigenvalue weighted by molar-refractivity contribution is -0.113. The van der Waals surface area contributed by atoms with Gasteiger partial charge in [-0.3, -0.25) is 9.59 Å². The molecule has 0 bridgehead atoms. The van der Waals surface area contributed by atoms with E-state index in [1.54, 1.807) is 11.8 Å². The zero-order chi connectivity index (χ0) is 17.8. The fourth-order valence-corrected chi connectivity index (χ4v) is 3.67. The van der Waals surface area contributed by atoms with Gasteiger partial charge in [0.2, 0.25) is 5.91 Å². The second kappa shape index (κ2) is 7.75. The molecular formula is C16H17N5O2S2. The molecule has 2 heterocycles. The van der Waals surface area contributed by atoms with Crippen LogP contribution in [0.5, 0.6) is 0 Å². The number of nitrogens with zero attached hydrogens (tertiary/aromatic N) is 3. The molecule has 0 spiro atoms. The largest absolute Gasteiger partial charge is 0.325 e. The van der Waals surface area contributed by atoms with Gasteiger partial charge in [0.25, 0.3) is 5.56 Å². The minimum atomic E-state index is -0.280. The number of hydrogen-bond donors (Lipinski definition) is 2. The first-order valence-corrected chi connectivity index (χ1v) is 9.84. The summed E-state index contributed by atoms with van der Waals surface area (Å²) >= 11 is 2.90. The number of rotatable bonds is 6. The lowest BCUT2D eigenvalue weighted by Crippen LogP contribution is -2.14. The number of amides is 1. The van der Waals surface area contributed by atoms with Crippen LogP contribution in [0.3, 0.4) is 0 Å². The van der Waals surface area contributed by atoms with Gasteiger partial charge in [0.1, 0.15) is 0 Å². The molecule has 0 aliphatic rings. The molecule has 130 valence electrons. The van der Waals surface area contributed by atoms with E-state index in [4.69, 9.17) is 0 Å². The Bertz CT molecular complexity index is 967. The van der Waals surface area contributed by atoms with E-state index in [2.05, 4.69) is 20.3 Å². The Labute approximate surface area is 152 Å². The van der Waals surface area contributed by atoms with Crippen molar-refractivity contribution in [2.75, 3.05) is 17.3 Å². The van der Waals surface area contributed by atoms with Crippen LogP contribution in [0.25, 0.3) is 11.2 Å². The van der Waals surface area contributed by atoms with Crippen molar-refractivity contribution in [1.82, 2.24) is 19.5 Å². The van der Waals surface area contributed by atoms with Gasteiger partial charge in [-0.1, -0.05) is 17.8 Å². The molecule has 0 aliphatic carbocycles. The summed E-state index contributed by atoms with van der Waals surface area (Å²) in [5.41, 5.74) is 1.30. The van der Waals surface area contributed by atoms with Gasteiger partial charge >= 0.3 is 0 Å². The van der Waals surface area contributed by atoms with Gasteiger partial charge in [-0.15, -0.1) is 11.8 Å². The summed E-state index contributed by atoms with van der Waals surface area (Å²) in [6, 6.07) is 7.68. The maximum absolute atomic E-state index is 12.2. The highest BCUT2D eigenvalue weighted by Gasteiger charge is 2.15. The van der Waals surface area contributed by atoms with Crippen LogP contribution in [-0.2, 0) is 11.3 Å². The number of aromatic amines is 1. The lowest BCUT2D eigenvalue weighted by Gasteiger charge is -2.07. The van der Waals surface area contributed by atoms with E-state index in [1.807, 2.05) is 42.0 Å². The van der Waals surface area contributed by atoms with E-state index in [1.165, 1.54) is 18.1 Å². The Morgan fingerprint density at radius 3 is 3.00 bits per heavy atom. The number of carbonyl (C=O) groups is 1. The number of anilines is 1. The van der Waals surface area contributed by atoms with Gasteiger partial charge in [0.05, 0.1) is 12.1 Å². The summed E-state index contributed by atoms with van der Waals surface area (Å²) in [6.07, 6.45) is 3.35. The highest BCUT2D eigenvalue weighted by atomic mass is 32.2. The number of hydrogen-bond acceptors (Lipinski definition) is 6. The summed E-state index contributed by atoms with van der Waals surface area (Å²) in [4.78, 5) is 36.1. The number of imidazole rings is 1. The van der Waals surface area contributed by atoms with Crippen LogP contribution in [0.2, 0.25) is 0 Å². The van der Waals surface area contributed by atoms with E-state index < -0.39 is 0 Å². The van der Waals surface area contributed by atoms with E-state index in [-0.39, 0.29) is 17.2 Å². The van der Waals surface area contributed by atoms with Crippen molar-refractivity contribution in [2.45, 2.75) is 23.5 Å². The molecule has 3 aromatic rings. The minimum Gasteiger partial charge on any atom is -0.325 e. The maximum atomic E-state index is 12.2. The fourth-order valence-electron chi connectivity index (χ4n) is 2.35. The third-order valence-electron chi connectivity index (χ3n) is 3.51. The first-order valence-electron chi connectivity index (χ1n) is 7.63. The van der Waals surface area contributed by atoms with Crippen molar-refractivity contribution < 1.29 is 4.79 Å². The van der Waals surface area contributed by atoms with Crippen LogP contribution in [0, 0.1) is 0 Å². The molecule has 0 unspecified atom stereocenters. The molecule has 1 aromatic carbocycles. The van der Waals surface area contributed by atoms with Gasteiger partial charge in [-0.2, -0.15) is 0 Å². The molecule has 25 heavy (non-hydrogen) atoms. The third kappa shape index (κ3) is 3.88. The molecule has 0 aliphatic heterocycles. The van der Waals surface area contributed by atoms with E-state index in [9.17, 15) is 9.59 Å². The fraction of sp³-hybridized carbons (Fsp3) is 0.250. The smallest absolute Gasteiger partial charge is 0.278 e. The molecule has 2 aromatic heterocycles. The molecule has 9 heteroatoms. The van der Waals surface area contributed by atoms with Crippen LogP contribution in [0.4, 0.5) is 5.69 Å². The Morgan fingerprint density at radius 1 is 1.40 bits per heavy atom. The molecule has 2 N–H and O–H groups in total. The van der Waals surface area contributed by atoms with Crippen molar-refractivity contribution >= 4 is 46.3 Å². The zero-order valence-corrected chi connectivity index (χ0v) is 15.4. The van der Waals surface area contributed by atoms with Crippen LogP contribution < -0.4 is 10.9 Å². The number of fused-ring (bicyclic) bond motifs is 1. The monoisotopic (exact) mass is 375 g/mol. The Balaban J connectivity index is 1.72. The van der Waals surface area contributed by atoms with Gasteiger partial charge in [-0.25, -0.2) is 9.97 Å². The highest BCUT2D eigenvalue weighted by Crippen LogP contribution is 2.22. The van der Waals surface area contributed by atoms with Crippen molar-refractivity contribution in [1.29, 1.82) is 0 Å². The summed E-state index contributed by atoms with van der Waals surface area (Å²) in [5.74, 6) is 0.0740. The maximum Gasteiger partial charge on any atom is 0.278 e. The predicted octanol–water partition coefficient (Wildman–Crippen LogP) is 2.59. The molecule has 0 atom stereocenters. The number of carbonyl (C=O) groups excluding carboxylic acids is 1. The second-order valence-electron chi connectivity index (χ2n) is 5.11. The molecule has 7 nitrogen and oxygen atoms in total. The quantitative estimate of drug-likeness (QED) is 0.644. The molecule has 1 amide bonds. The van der Waals surface area contributed by atoms with Gasteiger partial charge < -0.3 is 14.9 Å². The average Bonchev–Trinajstić information content (AvgIpc) is 2.99. The molecule has 0 saturated carbocycles. The zero-order valence-electron chi connectivity index (χ0n) is 13.8. The van der Waals surface area contributed by atoms with Crippen LogP contribution >= 0.6 is 23.5 Å². The molecule has 0 radical (unpaired) electrons. The predicted molar refractivity (Wildman–Crippen MR) is 101 cm³/mol. The Hall–Kier alpha value is -2.26. The van der Waals surface area contributed by atoms with Crippen molar-refractivity contribution in [3.05, 3.63) is 40.9 Å². The standard InChI is InChI=1S/C16H17N5O2S2/c1-3-21-14-13(15(23)18-9-17-14)20-16(21)25-8-12(22)19-10-5-4-6-11(7-10)24-2/h4-7,9H,3,8H2,1-2H3,(H,19,22)(H,17,18,23). The van der Waals surface area contributed by atoms with Crippen molar-refractivity contribution in [3.63, 3.8) is 0 Å². The summed E-state index contributed by atoms with van der Waals surface area (Å²) in [7, 11) is 0. The summed E-state index contributed by atoms with van der Waals surface area (Å²) < 4.78 is 1.83. The second-order valence-corrected chi connectivity index (χ2v) is 6.93. The first kappa shape index (κ1) is 17.6. The molecule has 0 saturated heterocycles.